The smallest absolute Gasteiger partial charge is 0.223 e. The van der Waals surface area contributed by atoms with Gasteiger partial charge >= 0.3 is 0 Å². The van der Waals surface area contributed by atoms with Crippen molar-refractivity contribution >= 4 is 17.5 Å². The summed E-state index contributed by atoms with van der Waals surface area (Å²) in [5, 5.41) is 3.78. The number of carbonyl (C=O) groups excluding carboxylic acids is 1. The van der Waals surface area contributed by atoms with E-state index >= 15 is 0 Å². The molecular weight excluding hydrogens is 286 g/mol. The van der Waals surface area contributed by atoms with Crippen LogP contribution in [-0.4, -0.2) is 24.5 Å². The minimum Gasteiger partial charge on any atom is -0.356 e. The van der Waals surface area contributed by atoms with Gasteiger partial charge in [-0.25, -0.2) is 0 Å². The molecule has 0 spiro atoms. The highest BCUT2D eigenvalue weighted by Gasteiger charge is 2.37. The van der Waals surface area contributed by atoms with Gasteiger partial charge in [0, 0.05) is 35.5 Å². The van der Waals surface area contributed by atoms with Crippen molar-refractivity contribution in [1.82, 2.24) is 16.2 Å². The van der Waals surface area contributed by atoms with E-state index in [1.165, 1.54) is 0 Å². The summed E-state index contributed by atoms with van der Waals surface area (Å²) in [6.07, 6.45) is 0.754. The average molecular weight is 310 g/mol. The molecule has 0 aromatic heterocycles. The van der Waals surface area contributed by atoms with Crippen molar-refractivity contribution in [1.29, 1.82) is 0 Å². The normalized spacial score (nSPS) is 26.6. The van der Waals surface area contributed by atoms with Gasteiger partial charge in [-0.1, -0.05) is 36.7 Å². The van der Waals surface area contributed by atoms with Crippen molar-refractivity contribution in [2.45, 2.75) is 39.3 Å². The molecule has 0 aliphatic carbocycles. The SMILES string of the molecule is CC1NNC(C)C1C(C)C(=O)NCCc1ccccc1Cl. The van der Waals surface area contributed by atoms with Crippen LogP contribution in [0.3, 0.4) is 0 Å². The van der Waals surface area contributed by atoms with E-state index in [1.807, 2.05) is 31.2 Å². The van der Waals surface area contributed by atoms with Crippen molar-refractivity contribution in [3.05, 3.63) is 34.9 Å². The molecular formula is C16H24ClN3O. The van der Waals surface area contributed by atoms with Crippen LogP contribution in [-0.2, 0) is 11.2 Å². The van der Waals surface area contributed by atoms with E-state index in [4.69, 9.17) is 11.6 Å². The fourth-order valence-corrected chi connectivity index (χ4v) is 3.34. The molecule has 2 rings (SSSR count). The van der Waals surface area contributed by atoms with Gasteiger partial charge in [-0.2, -0.15) is 0 Å². The summed E-state index contributed by atoms with van der Waals surface area (Å²) in [6, 6.07) is 8.34. The maximum Gasteiger partial charge on any atom is 0.223 e. The number of hydrazine groups is 1. The molecule has 0 radical (unpaired) electrons. The second kappa shape index (κ2) is 7.25. The third-order valence-corrected chi connectivity index (χ3v) is 4.70. The average Bonchev–Trinajstić information content (AvgIpc) is 2.79. The van der Waals surface area contributed by atoms with Gasteiger partial charge in [0.05, 0.1) is 0 Å². The van der Waals surface area contributed by atoms with Crippen LogP contribution in [0.25, 0.3) is 0 Å². The second-order valence-corrected chi connectivity index (χ2v) is 6.27. The Balaban J connectivity index is 1.83. The summed E-state index contributed by atoms with van der Waals surface area (Å²) in [5.41, 5.74) is 7.46. The van der Waals surface area contributed by atoms with Crippen molar-refractivity contribution in [3.8, 4) is 0 Å². The summed E-state index contributed by atoms with van der Waals surface area (Å²) >= 11 is 6.11. The first kappa shape index (κ1) is 16.3. The summed E-state index contributed by atoms with van der Waals surface area (Å²) < 4.78 is 0. The Morgan fingerprint density at radius 2 is 1.90 bits per heavy atom. The summed E-state index contributed by atoms with van der Waals surface area (Å²) in [6.45, 7) is 6.82. The molecule has 3 N–H and O–H groups in total. The first-order valence-corrected chi connectivity index (χ1v) is 7.90. The zero-order chi connectivity index (χ0) is 15.4. The minimum atomic E-state index is -0.0243. The molecule has 3 atom stereocenters. The predicted molar refractivity (Wildman–Crippen MR) is 86.0 cm³/mol. The molecule has 3 unspecified atom stereocenters. The molecule has 1 aromatic rings. The molecule has 1 saturated heterocycles. The number of amides is 1. The number of hydrogen-bond donors (Lipinski definition) is 3. The highest BCUT2D eigenvalue weighted by Crippen LogP contribution is 2.23. The summed E-state index contributed by atoms with van der Waals surface area (Å²) in [5.74, 6) is 0.380. The van der Waals surface area contributed by atoms with Gasteiger partial charge in [-0.15, -0.1) is 0 Å². The third-order valence-electron chi connectivity index (χ3n) is 4.34. The van der Waals surface area contributed by atoms with Gasteiger partial charge < -0.3 is 5.32 Å². The Morgan fingerprint density at radius 1 is 1.29 bits per heavy atom. The van der Waals surface area contributed by atoms with E-state index in [0.29, 0.717) is 24.5 Å². The fraction of sp³-hybridized carbons (Fsp3) is 0.562. The zero-order valence-corrected chi connectivity index (χ0v) is 13.6. The lowest BCUT2D eigenvalue weighted by Crippen LogP contribution is -2.40. The van der Waals surface area contributed by atoms with Crippen LogP contribution in [0.15, 0.2) is 24.3 Å². The van der Waals surface area contributed by atoms with Gasteiger partial charge in [0.15, 0.2) is 0 Å². The molecule has 1 aromatic carbocycles. The monoisotopic (exact) mass is 309 g/mol. The molecule has 116 valence electrons. The highest BCUT2D eigenvalue weighted by atomic mass is 35.5. The Hall–Kier alpha value is -1.10. The largest absolute Gasteiger partial charge is 0.356 e. The van der Waals surface area contributed by atoms with Crippen LogP contribution in [0.5, 0.6) is 0 Å². The topological polar surface area (TPSA) is 53.2 Å². The van der Waals surface area contributed by atoms with Crippen LogP contribution in [0.2, 0.25) is 5.02 Å². The second-order valence-electron chi connectivity index (χ2n) is 5.86. The number of carbonyl (C=O) groups is 1. The van der Waals surface area contributed by atoms with Crippen molar-refractivity contribution in [2.24, 2.45) is 11.8 Å². The van der Waals surface area contributed by atoms with Crippen LogP contribution < -0.4 is 16.2 Å². The lowest BCUT2D eigenvalue weighted by molar-refractivity contribution is -0.126. The Kier molecular flexibility index (Phi) is 5.62. The molecule has 1 fully saturated rings. The van der Waals surface area contributed by atoms with E-state index in [9.17, 15) is 4.79 Å². The lowest BCUT2D eigenvalue weighted by Gasteiger charge is -2.24. The zero-order valence-electron chi connectivity index (χ0n) is 12.8. The minimum absolute atomic E-state index is 0.0243. The van der Waals surface area contributed by atoms with E-state index in [1.54, 1.807) is 0 Å². The molecule has 1 amide bonds. The number of benzene rings is 1. The Morgan fingerprint density at radius 3 is 2.52 bits per heavy atom. The molecule has 21 heavy (non-hydrogen) atoms. The Labute approximate surface area is 131 Å². The van der Waals surface area contributed by atoms with Gasteiger partial charge in [0.1, 0.15) is 0 Å². The molecule has 1 heterocycles. The van der Waals surface area contributed by atoms with Gasteiger partial charge in [0.25, 0.3) is 0 Å². The maximum absolute atomic E-state index is 12.3. The number of hydrogen-bond acceptors (Lipinski definition) is 3. The summed E-state index contributed by atoms with van der Waals surface area (Å²) in [7, 11) is 0. The molecule has 5 heteroatoms. The van der Waals surface area contributed by atoms with Gasteiger partial charge in [-0.3, -0.25) is 15.6 Å². The number of rotatable bonds is 5. The van der Waals surface area contributed by atoms with Crippen molar-refractivity contribution < 1.29 is 4.79 Å². The first-order valence-electron chi connectivity index (χ1n) is 7.53. The van der Waals surface area contributed by atoms with Crippen LogP contribution in [0.1, 0.15) is 26.3 Å². The van der Waals surface area contributed by atoms with E-state index in [2.05, 4.69) is 30.0 Å². The fourth-order valence-electron chi connectivity index (χ4n) is 3.11. The standard InChI is InChI=1S/C16H24ClN3O/c1-10(15-11(2)19-20-12(15)3)16(21)18-9-8-13-6-4-5-7-14(13)17/h4-7,10-12,15,19-20H,8-9H2,1-3H3,(H,18,21). The van der Waals surface area contributed by atoms with Crippen LogP contribution in [0.4, 0.5) is 0 Å². The third kappa shape index (κ3) is 3.96. The van der Waals surface area contributed by atoms with E-state index in [-0.39, 0.29) is 11.8 Å². The summed E-state index contributed by atoms with van der Waals surface area (Å²) in [4.78, 5) is 12.3. The Bertz CT molecular complexity index is 484. The van der Waals surface area contributed by atoms with Crippen molar-refractivity contribution in [2.75, 3.05) is 6.54 Å². The highest BCUT2D eigenvalue weighted by molar-refractivity contribution is 6.31. The lowest BCUT2D eigenvalue weighted by atomic mass is 9.84. The number of nitrogens with one attached hydrogen (secondary N) is 3. The van der Waals surface area contributed by atoms with Crippen LogP contribution in [0, 0.1) is 11.8 Å². The first-order chi connectivity index (χ1) is 10.0. The van der Waals surface area contributed by atoms with Gasteiger partial charge in [0.2, 0.25) is 5.91 Å². The van der Waals surface area contributed by atoms with Crippen LogP contribution >= 0.6 is 11.6 Å². The molecule has 1 aliphatic rings. The molecule has 0 saturated carbocycles. The molecule has 1 aliphatic heterocycles. The van der Waals surface area contributed by atoms with Crippen molar-refractivity contribution in [3.63, 3.8) is 0 Å². The molecule has 4 nitrogen and oxygen atoms in total. The number of halogens is 1. The quantitative estimate of drug-likeness (QED) is 0.781. The van der Waals surface area contributed by atoms with Gasteiger partial charge in [-0.05, 0) is 31.9 Å². The van der Waals surface area contributed by atoms with E-state index < -0.39 is 0 Å². The van der Waals surface area contributed by atoms with E-state index in [0.717, 1.165) is 17.0 Å². The predicted octanol–water partition coefficient (Wildman–Crippen LogP) is 2.14. The maximum atomic E-state index is 12.3. The molecule has 0 bridgehead atoms.